The van der Waals surface area contributed by atoms with Crippen LogP contribution in [0.3, 0.4) is 0 Å². The van der Waals surface area contributed by atoms with E-state index in [0.29, 0.717) is 37.4 Å². The summed E-state index contributed by atoms with van der Waals surface area (Å²) in [7, 11) is 0. The summed E-state index contributed by atoms with van der Waals surface area (Å²) in [6.07, 6.45) is 4.26. The third-order valence-electron chi connectivity index (χ3n) is 3.36. The van der Waals surface area contributed by atoms with E-state index in [9.17, 15) is 9.59 Å². The number of piperidine rings is 1. The Bertz CT molecular complexity index is 501. The Balaban J connectivity index is 1.82. The van der Waals surface area contributed by atoms with E-state index >= 15 is 0 Å². The number of hydrogen-bond acceptors (Lipinski definition) is 5. The van der Waals surface area contributed by atoms with Crippen LogP contribution in [0.25, 0.3) is 0 Å². The van der Waals surface area contributed by atoms with Crippen LogP contribution in [0.1, 0.15) is 12.8 Å². The molecule has 1 saturated heterocycles. The molecule has 0 aliphatic carbocycles. The molecule has 0 atom stereocenters. The third-order valence-corrected chi connectivity index (χ3v) is 4.43. The molecular weight excluding hydrogens is 278 g/mol. The summed E-state index contributed by atoms with van der Waals surface area (Å²) < 4.78 is 0. The molecule has 1 amide bonds. The fraction of sp³-hybridized carbons (Fsp3) is 0.462. The van der Waals surface area contributed by atoms with Crippen molar-refractivity contribution in [3.8, 4) is 0 Å². The minimum absolute atomic E-state index is 0.0232. The van der Waals surface area contributed by atoms with Crippen LogP contribution in [0.4, 0.5) is 5.69 Å². The van der Waals surface area contributed by atoms with Crippen LogP contribution in [-0.2, 0) is 9.59 Å². The highest BCUT2D eigenvalue weighted by Gasteiger charge is 2.26. The lowest BCUT2D eigenvalue weighted by Crippen LogP contribution is -2.41. The first-order valence-corrected chi connectivity index (χ1v) is 7.39. The molecule has 0 radical (unpaired) electrons. The number of carboxylic acid groups (broad SMARTS) is 1. The number of likely N-dealkylation sites (tertiary alicyclic amines) is 1. The Morgan fingerprint density at radius 1 is 1.45 bits per heavy atom. The Kier molecular flexibility index (Phi) is 4.84. The fourth-order valence-electron chi connectivity index (χ4n) is 2.13. The molecule has 0 aromatic carbocycles. The number of rotatable bonds is 4. The van der Waals surface area contributed by atoms with Crippen LogP contribution in [0.15, 0.2) is 23.4 Å². The molecule has 1 aliphatic rings. The van der Waals surface area contributed by atoms with Crippen molar-refractivity contribution in [1.29, 1.82) is 0 Å². The lowest BCUT2D eigenvalue weighted by atomic mass is 9.97. The van der Waals surface area contributed by atoms with E-state index in [1.165, 1.54) is 11.8 Å². The Morgan fingerprint density at radius 3 is 2.75 bits per heavy atom. The van der Waals surface area contributed by atoms with Gasteiger partial charge >= 0.3 is 5.97 Å². The van der Waals surface area contributed by atoms with Gasteiger partial charge in [-0.2, -0.15) is 0 Å². The molecule has 0 unspecified atom stereocenters. The topological polar surface area (TPSA) is 96.5 Å². The molecule has 0 spiro atoms. The number of amides is 1. The number of hydrogen-bond donors (Lipinski definition) is 2. The maximum Gasteiger partial charge on any atom is 0.306 e. The number of carboxylic acids is 1. The van der Waals surface area contributed by atoms with E-state index < -0.39 is 5.97 Å². The first kappa shape index (κ1) is 14.6. The Hall–Kier alpha value is -1.76. The van der Waals surface area contributed by atoms with Gasteiger partial charge in [0, 0.05) is 24.2 Å². The second-order valence-corrected chi connectivity index (χ2v) is 5.71. The minimum Gasteiger partial charge on any atom is -0.481 e. The third kappa shape index (κ3) is 3.63. The van der Waals surface area contributed by atoms with E-state index in [0.717, 1.165) is 4.90 Å². The maximum atomic E-state index is 12.1. The molecule has 1 aromatic rings. The van der Waals surface area contributed by atoms with E-state index in [2.05, 4.69) is 4.98 Å². The monoisotopic (exact) mass is 295 g/mol. The van der Waals surface area contributed by atoms with Gasteiger partial charge in [-0.1, -0.05) is 0 Å². The molecule has 1 fully saturated rings. The highest BCUT2D eigenvalue weighted by Crippen LogP contribution is 2.24. The number of nitrogens with zero attached hydrogens (tertiary/aromatic N) is 2. The molecule has 7 heteroatoms. The number of pyridine rings is 1. The molecular formula is C13H17N3O3S. The van der Waals surface area contributed by atoms with Crippen LogP contribution in [0.2, 0.25) is 0 Å². The smallest absolute Gasteiger partial charge is 0.306 e. The van der Waals surface area contributed by atoms with Crippen molar-refractivity contribution in [2.75, 3.05) is 24.6 Å². The number of nitrogen functional groups attached to an aromatic ring is 1. The Labute approximate surface area is 121 Å². The van der Waals surface area contributed by atoms with Crippen LogP contribution in [0.5, 0.6) is 0 Å². The van der Waals surface area contributed by atoms with E-state index in [-0.39, 0.29) is 11.8 Å². The zero-order chi connectivity index (χ0) is 14.5. The van der Waals surface area contributed by atoms with Gasteiger partial charge in [-0.3, -0.25) is 14.6 Å². The number of anilines is 1. The summed E-state index contributed by atoms with van der Waals surface area (Å²) in [6.45, 7) is 1.03. The summed E-state index contributed by atoms with van der Waals surface area (Å²) >= 11 is 1.38. The van der Waals surface area contributed by atoms with Gasteiger partial charge in [0.1, 0.15) is 0 Å². The summed E-state index contributed by atoms with van der Waals surface area (Å²) in [5, 5.41) is 8.92. The number of aromatic nitrogens is 1. The normalized spacial score (nSPS) is 16.1. The summed E-state index contributed by atoms with van der Waals surface area (Å²) in [5.74, 6) is -0.750. The number of carbonyl (C=O) groups excluding carboxylic acids is 1. The second kappa shape index (κ2) is 6.60. The summed E-state index contributed by atoms with van der Waals surface area (Å²) in [5.41, 5.74) is 6.33. The number of thioether (sulfide) groups is 1. The van der Waals surface area contributed by atoms with Crippen LogP contribution < -0.4 is 5.73 Å². The van der Waals surface area contributed by atoms with Crippen LogP contribution >= 0.6 is 11.8 Å². The minimum atomic E-state index is -0.768. The van der Waals surface area contributed by atoms with Crippen LogP contribution in [0, 0.1) is 5.92 Å². The first-order valence-electron chi connectivity index (χ1n) is 6.41. The quantitative estimate of drug-likeness (QED) is 0.807. The zero-order valence-corrected chi connectivity index (χ0v) is 11.8. The highest BCUT2D eigenvalue weighted by molar-refractivity contribution is 8.00. The van der Waals surface area contributed by atoms with Crippen molar-refractivity contribution in [1.82, 2.24) is 9.88 Å². The molecule has 108 valence electrons. The lowest BCUT2D eigenvalue weighted by molar-refractivity contribution is -0.145. The standard InChI is InChI=1S/C13H17N3O3S/c14-10-7-15-4-1-11(10)20-8-12(17)16-5-2-9(3-6-16)13(18)19/h1,4,7,9H,2-3,5-6,8,14H2,(H,18,19). The zero-order valence-electron chi connectivity index (χ0n) is 11.0. The lowest BCUT2D eigenvalue weighted by Gasteiger charge is -2.30. The molecule has 6 nitrogen and oxygen atoms in total. The van der Waals surface area contributed by atoms with Crippen molar-refractivity contribution >= 4 is 29.3 Å². The summed E-state index contributed by atoms with van der Waals surface area (Å²) in [4.78, 5) is 29.4. The molecule has 0 saturated carbocycles. The van der Waals surface area contributed by atoms with Gasteiger partial charge < -0.3 is 15.7 Å². The predicted octanol–water partition coefficient (Wildman–Crippen LogP) is 1.08. The molecule has 1 aromatic heterocycles. The van der Waals surface area contributed by atoms with Gasteiger partial charge in [-0.05, 0) is 18.9 Å². The first-order chi connectivity index (χ1) is 9.58. The van der Waals surface area contributed by atoms with Crippen molar-refractivity contribution in [2.24, 2.45) is 5.92 Å². The van der Waals surface area contributed by atoms with Crippen molar-refractivity contribution in [2.45, 2.75) is 17.7 Å². The van der Waals surface area contributed by atoms with Crippen molar-refractivity contribution < 1.29 is 14.7 Å². The van der Waals surface area contributed by atoms with Gasteiger partial charge in [0.2, 0.25) is 5.91 Å². The molecule has 20 heavy (non-hydrogen) atoms. The van der Waals surface area contributed by atoms with Crippen LogP contribution in [-0.4, -0.2) is 45.7 Å². The molecule has 2 heterocycles. The number of carbonyl (C=O) groups is 2. The molecule has 3 N–H and O–H groups in total. The SMILES string of the molecule is Nc1cnccc1SCC(=O)N1CCC(C(=O)O)CC1. The Morgan fingerprint density at radius 2 is 2.15 bits per heavy atom. The van der Waals surface area contributed by atoms with Crippen molar-refractivity contribution in [3.63, 3.8) is 0 Å². The van der Waals surface area contributed by atoms with Gasteiger partial charge in [0.25, 0.3) is 0 Å². The van der Waals surface area contributed by atoms with E-state index in [1.54, 1.807) is 23.4 Å². The van der Waals surface area contributed by atoms with Gasteiger partial charge in [-0.25, -0.2) is 0 Å². The molecule has 2 rings (SSSR count). The average Bonchev–Trinajstić information content (AvgIpc) is 2.46. The van der Waals surface area contributed by atoms with Crippen molar-refractivity contribution in [3.05, 3.63) is 18.5 Å². The highest BCUT2D eigenvalue weighted by atomic mass is 32.2. The summed E-state index contributed by atoms with van der Waals surface area (Å²) in [6, 6.07) is 1.78. The maximum absolute atomic E-state index is 12.1. The van der Waals surface area contributed by atoms with Gasteiger partial charge in [-0.15, -0.1) is 11.8 Å². The average molecular weight is 295 g/mol. The van der Waals surface area contributed by atoms with Gasteiger partial charge in [0.05, 0.1) is 23.6 Å². The fourth-order valence-corrected chi connectivity index (χ4v) is 2.97. The second-order valence-electron chi connectivity index (χ2n) is 4.70. The molecule has 1 aliphatic heterocycles. The molecule has 0 bridgehead atoms. The number of aliphatic carboxylic acids is 1. The van der Waals surface area contributed by atoms with E-state index in [4.69, 9.17) is 10.8 Å². The predicted molar refractivity (Wildman–Crippen MR) is 76.3 cm³/mol. The number of nitrogens with two attached hydrogens (primary N) is 1. The largest absolute Gasteiger partial charge is 0.481 e. The van der Waals surface area contributed by atoms with E-state index in [1.807, 2.05) is 0 Å². The van der Waals surface area contributed by atoms with Gasteiger partial charge in [0.15, 0.2) is 0 Å².